The quantitative estimate of drug-likeness (QED) is 0.569. The van der Waals surface area contributed by atoms with Gasteiger partial charge in [-0.1, -0.05) is 6.07 Å². The maximum atomic E-state index is 14.7. The third-order valence-corrected chi connectivity index (χ3v) is 5.53. The summed E-state index contributed by atoms with van der Waals surface area (Å²) < 4.78 is 34.0. The minimum Gasteiger partial charge on any atom is -0.464 e. The van der Waals surface area contributed by atoms with Gasteiger partial charge in [-0.15, -0.1) is 0 Å². The summed E-state index contributed by atoms with van der Waals surface area (Å²) in [4.78, 5) is 39.2. The number of aryl methyl sites for hydroxylation is 1. The smallest absolute Gasteiger partial charge is 0.354 e. The van der Waals surface area contributed by atoms with Gasteiger partial charge in [0, 0.05) is 42.3 Å². The Labute approximate surface area is 187 Å². The van der Waals surface area contributed by atoms with Crippen molar-refractivity contribution in [2.24, 2.45) is 10.7 Å². The maximum Gasteiger partial charge on any atom is 0.354 e. The fraction of sp³-hybridized carbons (Fsp3) is 0.227. The lowest BCUT2D eigenvalue weighted by Gasteiger charge is -2.25. The first-order chi connectivity index (χ1) is 15.8. The number of benzene rings is 1. The van der Waals surface area contributed by atoms with Crippen molar-refractivity contribution in [3.63, 3.8) is 0 Å². The minimum atomic E-state index is -1.72. The van der Waals surface area contributed by atoms with Crippen molar-refractivity contribution in [3.05, 3.63) is 71.8 Å². The summed E-state index contributed by atoms with van der Waals surface area (Å²) in [6.07, 6.45) is 5.65. The Bertz CT molecular complexity index is 1260. The molecule has 1 amide bonds. The van der Waals surface area contributed by atoms with Gasteiger partial charge in [-0.05, 0) is 23.8 Å². The number of halogens is 2. The standard InChI is InChI=1S/C22H20F2N6O3/c1-29-20(32)22(28-21(29)25,15-8-18(19(31)33-2)30(11-15)6-5-23)14-3-4-17(24)16(7-14)13-9-26-12-27-10-13/h3-4,7-12H,5-6H2,1-2H3,(H2,25,28)/t22-/m1/s1. The number of carbonyl (C=O) groups excluding carboxylic acids is 2. The molecule has 0 bridgehead atoms. The fourth-order valence-electron chi connectivity index (χ4n) is 3.85. The molecule has 2 N–H and O–H groups in total. The zero-order valence-corrected chi connectivity index (χ0v) is 17.8. The van der Waals surface area contributed by atoms with E-state index in [2.05, 4.69) is 15.0 Å². The average molecular weight is 454 g/mol. The topological polar surface area (TPSA) is 116 Å². The van der Waals surface area contributed by atoms with Gasteiger partial charge in [0.25, 0.3) is 5.91 Å². The van der Waals surface area contributed by atoms with E-state index in [4.69, 9.17) is 10.5 Å². The van der Waals surface area contributed by atoms with Gasteiger partial charge in [-0.25, -0.2) is 28.5 Å². The Morgan fingerprint density at radius 1 is 1.21 bits per heavy atom. The summed E-state index contributed by atoms with van der Waals surface area (Å²) >= 11 is 0. The highest BCUT2D eigenvalue weighted by Crippen LogP contribution is 2.41. The summed E-state index contributed by atoms with van der Waals surface area (Å²) in [5, 5.41) is 0. The summed E-state index contributed by atoms with van der Waals surface area (Å²) in [7, 11) is 2.65. The van der Waals surface area contributed by atoms with Crippen LogP contribution in [0.15, 0.2) is 54.2 Å². The van der Waals surface area contributed by atoms with E-state index in [9.17, 15) is 18.4 Å². The molecule has 1 atom stereocenters. The van der Waals surface area contributed by atoms with Crippen LogP contribution in [0.5, 0.6) is 0 Å². The minimum absolute atomic E-state index is 0.0412. The number of ether oxygens (including phenoxy) is 1. The number of nitrogens with zero attached hydrogens (tertiary/aromatic N) is 5. The molecule has 1 aliphatic heterocycles. The summed E-state index contributed by atoms with van der Waals surface area (Å²) in [6, 6.07) is 5.49. The average Bonchev–Trinajstić information content (AvgIpc) is 3.35. The molecule has 170 valence electrons. The van der Waals surface area contributed by atoms with Crippen molar-refractivity contribution < 1.29 is 23.1 Å². The van der Waals surface area contributed by atoms with Crippen LogP contribution in [0.4, 0.5) is 8.78 Å². The molecule has 0 radical (unpaired) electrons. The Balaban J connectivity index is 1.98. The molecule has 0 spiro atoms. The van der Waals surface area contributed by atoms with E-state index >= 15 is 0 Å². The SMILES string of the molecule is COC(=O)c1cc([C@@]2(c3ccc(F)c(-c4cncnc4)c3)N=C(N)N(C)C2=O)cn1CCF. The van der Waals surface area contributed by atoms with Crippen LogP contribution in [0.1, 0.15) is 21.6 Å². The fourth-order valence-corrected chi connectivity index (χ4v) is 3.85. The molecule has 1 aromatic carbocycles. The number of hydrogen-bond acceptors (Lipinski definition) is 7. The molecule has 0 aliphatic carbocycles. The van der Waals surface area contributed by atoms with Crippen LogP contribution in [0.25, 0.3) is 11.1 Å². The van der Waals surface area contributed by atoms with Gasteiger partial charge >= 0.3 is 5.97 Å². The number of methoxy groups -OCH3 is 1. The Kier molecular flexibility index (Phi) is 5.62. The Hall–Kier alpha value is -4.15. The number of carbonyl (C=O) groups is 2. The van der Waals surface area contributed by atoms with E-state index < -0.39 is 29.9 Å². The summed E-state index contributed by atoms with van der Waals surface area (Å²) in [5.74, 6) is -1.84. The van der Waals surface area contributed by atoms with Gasteiger partial charge in [0.15, 0.2) is 11.5 Å². The van der Waals surface area contributed by atoms with E-state index in [-0.39, 0.29) is 29.3 Å². The number of alkyl halides is 1. The van der Waals surface area contributed by atoms with Crippen molar-refractivity contribution in [2.45, 2.75) is 12.1 Å². The first kappa shape index (κ1) is 22.1. The number of likely N-dealkylation sites (N-methyl/N-ethyl adjacent to an activating group) is 1. The van der Waals surface area contributed by atoms with E-state index in [1.807, 2.05) is 0 Å². The van der Waals surface area contributed by atoms with Crippen LogP contribution in [0, 0.1) is 5.82 Å². The zero-order valence-electron chi connectivity index (χ0n) is 17.8. The molecule has 3 heterocycles. The molecule has 0 saturated heterocycles. The molecule has 0 unspecified atom stereocenters. The molecule has 1 aliphatic rings. The second-order valence-corrected chi connectivity index (χ2v) is 7.35. The number of hydrogen-bond donors (Lipinski definition) is 1. The van der Waals surface area contributed by atoms with Gasteiger partial charge in [0.05, 0.1) is 13.7 Å². The first-order valence-corrected chi connectivity index (χ1v) is 9.87. The molecule has 4 rings (SSSR count). The lowest BCUT2D eigenvalue weighted by atomic mass is 9.83. The van der Waals surface area contributed by atoms with Crippen LogP contribution in [0.2, 0.25) is 0 Å². The number of esters is 1. The molecule has 11 heteroatoms. The maximum absolute atomic E-state index is 14.7. The van der Waals surface area contributed by atoms with E-state index in [0.29, 0.717) is 11.1 Å². The lowest BCUT2D eigenvalue weighted by Crippen LogP contribution is -2.41. The predicted molar refractivity (Wildman–Crippen MR) is 114 cm³/mol. The van der Waals surface area contributed by atoms with Crippen LogP contribution in [0.3, 0.4) is 0 Å². The molecule has 3 aromatic rings. The number of rotatable bonds is 6. The van der Waals surface area contributed by atoms with Crippen LogP contribution >= 0.6 is 0 Å². The van der Waals surface area contributed by atoms with Gasteiger partial charge < -0.3 is 15.0 Å². The van der Waals surface area contributed by atoms with E-state index in [1.54, 1.807) is 0 Å². The van der Waals surface area contributed by atoms with E-state index in [1.165, 1.54) is 72.8 Å². The molecule has 9 nitrogen and oxygen atoms in total. The van der Waals surface area contributed by atoms with Gasteiger partial charge in [0.1, 0.15) is 24.5 Å². The third kappa shape index (κ3) is 3.51. The normalized spacial score (nSPS) is 17.9. The van der Waals surface area contributed by atoms with E-state index in [0.717, 1.165) is 0 Å². The molecule has 33 heavy (non-hydrogen) atoms. The predicted octanol–water partition coefficient (Wildman–Crippen LogP) is 1.87. The molecule has 0 saturated carbocycles. The van der Waals surface area contributed by atoms with Crippen molar-refractivity contribution in [3.8, 4) is 11.1 Å². The number of aliphatic imine (C=N–C) groups is 1. The Morgan fingerprint density at radius 2 is 1.94 bits per heavy atom. The monoisotopic (exact) mass is 454 g/mol. The van der Waals surface area contributed by atoms with Crippen LogP contribution in [-0.2, 0) is 21.6 Å². The Morgan fingerprint density at radius 3 is 2.55 bits per heavy atom. The number of nitrogens with two attached hydrogens (primary N) is 1. The van der Waals surface area contributed by atoms with Gasteiger partial charge in [-0.2, -0.15) is 0 Å². The number of aromatic nitrogens is 3. The number of guanidine groups is 1. The lowest BCUT2D eigenvalue weighted by molar-refractivity contribution is -0.129. The summed E-state index contributed by atoms with van der Waals surface area (Å²) in [6.45, 7) is -0.890. The number of amides is 1. The van der Waals surface area contributed by atoms with Crippen LogP contribution in [-0.4, -0.2) is 58.1 Å². The molecule has 0 fully saturated rings. The zero-order chi connectivity index (χ0) is 23.8. The van der Waals surface area contributed by atoms with Crippen LogP contribution < -0.4 is 5.73 Å². The van der Waals surface area contributed by atoms with Crippen molar-refractivity contribution in [2.75, 3.05) is 20.8 Å². The summed E-state index contributed by atoms with van der Waals surface area (Å²) in [5.41, 5.74) is 5.42. The molecular formula is C22H20F2N6O3. The molecule has 2 aromatic heterocycles. The largest absolute Gasteiger partial charge is 0.464 e. The van der Waals surface area contributed by atoms with Gasteiger partial charge in [-0.3, -0.25) is 9.69 Å². The van der Waals surface area contributed by atoms with Crippen molar-refractivity contribution >= 4 is 17.8 Å². The highest BCUT2D eigenvalue weighted by molar-refractivity contribution is 6.09. The first-order valence-electron chi connectivity index (χ1n) is 9.87. The second-order valence-electron chi connectivity index (χ2n) is 7.35. The second kappa shape index (κ2) is 8.41. The van der Waals surface area contributed by atoms with Gasteiger partial charge in [0.2, 0.25) is 0 Å². The third-order valence-electron chi connectivity index (χ3n) is 5.53. The highest BCUT2D eigenvalue weighted by Gasteiger charge is 2.50. The highest BCUT2D eigenvalue weighted by atomic mass is 19.1. The molecular weight excluding hydrogens is 434 g/mol. The van der Waals surface area contributed by atoms with Crippen molar-refractivity contribution in [1.82, 2.24) is 19.4 Å². The van der Waals surface area contributed by atoms with Crippen molar-refractivity contribution in [1.29, 1.82) is 0 Å².